The van der Waals surface area contributed by atoms with E-state index in [1.807, 2.05) is 34.6 Å². The highest BCUT2D eigenvalue weighted by Gasteiger charge is 2.25. The number of ether oxygens (including phenoxy) is 2. The first-order valence-corrected chi connectivity index (χ1v) is 11.1. The van der Waals surface area contributed by atoms with Crippen LogP contribution in [0.3, 0.4) is 0 Å². The van der Waals surface area contributed by atoms with Crippen molar-refractivity contribution >= 4 is 36.0 Å². The first-order chi connectivity index (χ1) is 14.1. The Morgan fingerprint density at radius 2 is 1.81 bits per heavy atom. The summed E-state index contributed by atoms with van der Waals surface area (Å²) in [5, 5.41) is 17.2. The topological polar surface area (TPSA) is 98.7 Å². The molecule has 0 aromatic carbocycles. The van der Waals surface area contributed by atoms with Crippen molar-refractivity contribution in [1.29, 1.82) is 0 Å². The van der Waals surface area contributed by atoms with Gasteiger partial charge >= 0.3 is 6.09 Å². The van der Waals surface area contributed by atoms with E-state index in [2.05, 4.69) is 20.5 Å². The van der Waals surface area contributed by atoms with Gasteiger partial charge in [0.15, 0.2) is 5.96 Å². The number of carbonyl (C=O) groups excluding carboxylic acids is 1. The second kappa shape index (κ2) is 15.1. The zero-order chi connectivity index (χ0) is 22.6. The predicted molar refractivity (Wildman–Crippen MR) is 135 cm³/mol. The zero-order valence-electron chi connectivity index (χ0n) is 20.2. The highest BCUT2D eigenvalue weighted by Crippen LogP contribution is 2.11. The number of aliphatic imine (C=N–C) groups is 1. The molecule has 1 saturated heterocycles. The lowest BCUT2D eigenvalue weighted by Gasteiger charge is -2.33. The summed E-state index contributed by atoms with van der Waals surface area (Å²) in [6.07, 6.45) is 0.555. The van der Waals surface area contributed by atoms with Crippen LogP contribution in [0.15, 0.2) is 4.99 Å². The quantitative estimate of drug-likeness (QED) is 0.215. The maximum Gasteiger partial charge on any atom is 0.410 e. The Hall–Kier alpha value is -0.850. The molecule has 1 aliphatic rings. The Morgan fingerprint density at radius 3 is 2.35 bits per heavy atom. The van der Waals surface area contributed by atoms with Gasteiger partial charge in [0, 0.05) is 45.8 Å². The number of amides is 1. The highest BCUT2D eigenvalue weighted by atomic mass is 127. The fourth-order valence-corrected chi connectivity index (χ4v) is 3.08. The number of nitrogens with zero attached hydrogens (tertiary/aromatic N) is 3. The third kappa shape index (κ3) is 14.0. The number of hydrogen-bond acceptors (Lipinski definition) is 6. The minimum Gasteiger partial charge on any atom is -0.444 e. The molecule has 0 bridgehead atoms. The Balaban J connectivity index is 0.00000900. The molecule has 1 atom stereocenters. The van der Waals surface area contributed by atoms with Gasteiger partial charge in [0.1, 0.15) is 5.60 Å². The van der Waals surface area contributed by atoms with E-state index in [0.717, 1.165) is 19.5 Å². The summed E-state index contributed by atoms with van der Waals surface area (Å²) in [5.41, 5.74) is -1.44. The summed E-state index contributed by atoms with van der Waals surface area (Å²) in [6.45, 7) is 17.7. The summed E-state index contributed by atoms with van der Waals surface area (Å²) in [5.74, 6) is 0.625. The number of carbonyl (C=O) groups is 1. The number of β-amino-alcohol motifs (C(OH)–C–C–N with tert-alkyl or cyclic N) is 1. The molecule has 0 radical (unpaired) electrons. The van der Waals surface area contributed by atoms with Crippen LogP contribution in [0.5, 0.6) is 0 Å². The summed E-state index contributed by atoms with van der Waals surface area (Å²) < 4.78 is 10.8. The number of aliphatic hydroxyl groups is 1. The average Bonchev–Trinajstić information content (AvgIpc) is 2.64. The molecule has 31 heavy (non-hydrogen) atoms. The molecule has 0 spiro atoms. The van der Waals surface area contributed by atoms with Gasteiger partial charge in [-0.05, 0) is 41.0 Å². The first-order valence-electron chi connectivity index (χ1n) is 11.1. The second-order valence-corrected chi connectivity index (χ2v) is 8.97. The van der Waals surface area contributed by atoms with E-state index in [1.165, 1.54) is 0 Å². The van der Waals surface area contributed by atoms with Crippen molar-refractivity contribution in [2.24, 2.45) is 4.99 Å². The van der Waals surface area contributed by atoms with Crippen molar-refractivity contribution in [2.45, 2.75) is 59.2 Å². The van der Waals surface area contributed by atoms with Crippen LogP contribution in [-0.4, -0.2) is 104 Å². The van der Waals surface area contributed by atoms with Crippen LogP contribution < -0.4 is 10.6 Å². The Labute approximate surface area is 205 Å². The van der Waals surface area contributed by atoms with E-state index < -0.39 is 11.2 Å². The molecule has 3 N–H and O–H groups in total. The molecule has 10 heteroatoms. The van der Waals surface area contributed by atoms with Crippen LogP contribution in [0.1, 0.15) is 48.0 Å². The van der Waals surface area contributed by atoms with Crippen LogP contribution in [0.2, 0.25) is 0 Å². The summed E-state index contributed by atoms with van der Waals surface area (Å²) in [6, 6.07) is 0. The van der Waals surface area contributed by atoms with Gasteiger partial charge in [0.05, 0.1) is 25.4 Å². The molecule has 1 unspecified atom stereocenters. The first kappa shape index (κ1) is 30.1. The molecule has 1 fully saturated rings. The van der Waals surface area contributed by atoms with Gasteiger partial charge < -0.3 is 30.1 Å². The van der Waals surface area contributed by atoms with Crippen LogP contribution in [0.4, 0.5) is 4.79 Å². The third-order valence-corrected chi connectivity index (χ3v) is 4.41. The van der Waals surface area contributed by atoms with E-state index in [0.29, 0.717) is 51.9 Å². The molecule has 184 valence electrons. The second-order valence-electron chi connectivity index (χ2n) is 8.97. The van der Waals surface area contributed by atoms with Gasteiger partial charge in [-0.2, -0.15) is 0 Å². The van der Waals surface area contributed by atoms with Crippen LogP contribution in [-0.2, 0) is 9.47 Å². The standard InChI is InChI=1S/C21H43N5O4.HI/c1-7-10-26(19(27)30-20(3,4)5)11-9-23-18(22-8-2)24-16-21(6,28)17-25-12-14-29-15-13-25;/h28H,7-17H2,1-6H3,(H2,22,23,24);1H. The summed E-state index contributed by atoms with van der Waals surface area (Å²) in [4.78, 5) is 20.8. The molecule has 1 heterocycles. The molecule has 0 aromatic heterocycles. The lowest BCUT2D eigenvalue weighted by molar-refractivity contribution is -0.0180. The Bertz CT molecular complexity index is 534. The number of nitrogens with one attached hydrogen (secondary N) is 2. The molecule has 1 amide bonds. The number of halogens is 1. The van der Waals surface area contributed by atoms with Crippen molar-refractivity contribution in [3.8, 4) is 0 Å². The van der Waals surface area contributed by atoms with Crippen LogP contribution >= 0.6 is 24.0 Å². The molecule has 1 rings (SSSR count). The maximum absolute atomic E-state index is 12.4. The number of hydrogen-bond donors (Lipinski definition) is 3. The number of guanidine groups is 1. The van der Waals surface area contributed by atoms with Crippen molar-refractivity contribution in [3.05, 3.63) is 0 Å². The molecular weight excluding hydrogens is 513 g/mol. The van der Waals surface area contributed by atoms with Crippen molar-refractivity contribution < 1.29 is 19.4 Å². The van der Waals surface area contributed by atoms with Crippen molar-refractivity contribution in [1.82, 2.24) is 20.4 Å². The van der Waals surface area contributed by atoms with Crippen molar-refractivity contribution in [3.63, 3.8) is 0 Å². The van der Waals surface area contributed by atoms with E-state index >= 15 is 0 Å². The van der Waals surface area contributed by atoms with Crippen LogP contribution in [0, 0.1) is 0 Å². The molecule has 0 aliphatic carbocycles. The molecule has 0 saturated carbocycles. The fraction of sp³-hybridized carbons (Fsp3) is 0.905. The number of rotatable bonds is 10. The van der Waals surface area contributed by atoms with E-state index in [1.54, 1.807) is 11.8 Å². The molecule has 0 aromatic rings. The van der Waals surface area contributed by atoms with Gasteiger partial charge in [0.25, 0.3) is 0 Å². The molecular formula is C21H44IN5O4. The van der Waals surface area contributed by atoms with Gasteiger partial charge in [0.2, 0.25) is 0 Å². The summed E-state index contributed by atoms with van der Waals surface area (Å²) in [7, 11) is 0. The minimum absolute atomic E-state index is 0. The maximum atomic E-state index is 12.4. The largest absolute Gasteiger partial charge is 0.444 e. The summed E-state index contributed by atoms with van der Waals surface area (Å²) >= 11 is 0. The van der Waals surface area contributed by atoms with Crippen molar-refractivity contribution in [2.75, 3.05) is 65.6 Å². The smallest absolute Gasteiger partial charge is 0.410 e. The monoisotopic (exact) mass is 557 g/mol. The molecule has 9 nitrogen and oxygen atoms in total. The predicted octanol–water partition coefficient (Wildman–Crippen LogP) is 1.89. The van der Waals surface area contributed by atoms with E-state index in [4.69, 9.17) is 9.47 Å². The zero-order valence-corrected chi connectivity index (χ0v) is 22.5. The van der Waals surface area contributed by atoms with E-state index in [-0.39, 0.29) is 36.6 Å². The lowest BCUT2D eigenvalue weighted by Crippen LogP contribution is -2.48. The Kier molecular flexibility index (Phi) is 14.7. The fourth-order valence-electron chi connectivity index (χ4n) is 3.08. The molecule has 1 aliphatic heterocycles. The average molecular weight is 558 g/mol. The van der Waals surface area contributed by atoms with E-state index in [9.17, 15) is 9.90 Å². The lowest BCUT2D eigenvalue weighted by atomic mass is 10.1. The Morgan fingerprint density at radius 1 is 1.16 bits per heavy atom. The third-order valence-electron chi connectivity index (χ3n) is 4.41. The van der Waals surface area contributed by atoms with Gasteiger partial charge in [-0.15, -0.1) is 24.0 Å². The highest BCUT2D eigenvalue weighted by molar-refractivity contribution is 14.0. The normalized spacial score (nSPS) is 17.3. The minimum atomic E-state index is -0.926. The van der Waals surface area contributed by atoms with Crippen LogP contribution in [0.25, 0.3) is 0 Å². The van der Waals surface area contributed by atoms with Gasteiger partial charge in [-0.3, -0.25) is 9.89 Å². The SMILES string of the molecule is CCCN(CCNC(=NCC(C)(O)CN1CCOCC1)NCC)C(=O)OC(C)(C)C.I. The van der Waals surface area contributed by atoms with Gasteiger partial charge in [-0.25, -0.2) is 4.79 Å². The van der Waals surface area contributed by atoms with Gasteiger partial charge in [-0.1, -0.05) is 6.92 Å². The number of morpholine rings is 1.